The van der Waals surface area contributed by atoms with Gasteiger partial charge in [-0.05, 0) is 19.1 Å². The van der Waals surface area contributed by atoms with E-state index in [0.717, 1.165) is 0 Å². The molecule has 0 aliphatic rings. The molecule has 0 saturated carbocycles. The second kappa shape index (κ2) is 6.51. The fourth-order valence-corrected chi connectivity index (χ4v) is 1.79. The molecule has 1 aromatic carbocycles. The average molecular weight is 289 g/mol. The number of anilines is 3. The van der Waals surface area contributed by atoms with Crippen LogP contribution in [-0.2, 0) is 0 Å². The summed E-state index contributed by atoms with van der Waals surface area (Å²) >= 11 is 0. The lowest BCUT2D eigenvalue weighted by molar-refractivity contribution is -0.383. The number of rotatable bonds is 6. The molecule has 0 fully saturated rings. The molecule has 0 atom stereocenters. The highest BCUT2D eigenvalue weighted by Gasteiger charge is 2.22. The molecular formula is C13H15N5O3. The van der Waals surface area contributed by atoms with Gasteiger partial charge < -0.3 is 15.4 Å². The molecule has 0 amide bonds. The van der Waals surface area contributed by atoms with Gasteiger partial charge in [-0.25, -0.2) is 9.97 Å². The van der Waals surface area contributed by atoms with Crippen molar-refractivity contribution in [2.24, 2.45) is 0 Å². The predicted octanol–water partition coefficient (Wildman–Crippen LogP) is 2.57. The van der Waals surface area contributed by atoms with Gasteiger partial charge in [0.25, 0.3) is 0 Å². The number of nitrogens with one attached hydrogen (secondary N) is 2. The van der Waals surface area contributed by atoms with Crippen LogP contribution in [0.4, 0.5) is 23.0 Å². The first-order chi connectivity index (χ1) is 10.2. The van der Waals surface area contributed by atoms with Gasteiger partial charge in [0.05, 0.1) is 11.5 Å². The van der Waals surface area contributed by atoms with Crippen molar-refractivity contribution in [1.29, 1.82) is 0 Å². The standard InChI is InChI=1S/C13H15N5O3/c1-3-21-10-6-4-5-9(7-10)17-13-11(18(19)20)12(14-2)15-8-16-13/h4-8H,3H2,1-2H3,(H2,14,15,16,17). The van der Waals surface area contributed by atoms with E-state index in [4.69, 9.17) is 4.74 Å². The van der Waals surface area contributed by atoms with Crippen LogP contribution in [0, 0.1) is 10.1 Å². The Labute approximate surface area is 121 Å². The molecule has 0 saturated heterocycles. The maximum absolute atomic E-state index is 11.2. The van der Waals surface area contributed by atoms with Gasteiger partial charge in [0.1, 0.15) is 12.1 Å². The summed E-state index contributed by atoms with van der Waals surface area (Å²) < 4.78 is 5.39. The van der Waals surface area contributed by atoms with Crippen molar-refractivity contribution in [1.82, 2.24) is 9.97 Å². The van der Waals surface area contributed by atoms with Gasteiger partial charge in [-0.15, -0.1) is 0 Å². The minimum Gasteiger partial charge on any atom is -0.494 e. The Bertz CT molecular complexity index is 647. The maximum Gasteiger partial charge on any atom is 0.353 e. The predicted molar refractivity (Wildman–Crippen MR) is 79.1 cm³/mol. The zero-order valence-electron chi connectivity index (χ0n) is 11.7. The molecule has 0 aliphatic carbocycles. The number of nitro groups is 1. The third-order valence-corrected chi connectivity index (χ3v) is 2.65. The van der Waals surface area contributed by atoms with Crippen molar-refractivity contribution in [3.05, 3.63) is 40.7 Å². The van der Waals surface area contributed by atoms with Crippen LogP contribution < -0.4 is 15.4 Å². The van der Waals surface area contributed by atoms with Crippen molar-refractivity contribution in [2.45, 2.75) is 6.92 Å². The molecule has 0 spiro atoms. The van der Waals surface area contributed by atoms with E-state index in [9.17, 15) is 10.1 Å². The monoisotopic (exact) mass is 289 g/mol. The average Bonchev–Trinajstić information content (AvgIpc) is 2.47. The van der Waals surface area contributed by atoms with Crippen LogP contribution in [0.3, 0.4) is 0 Å². The van der Waals surface area contributed by atoms with E-state index in [2.05, 4.69) is 20.6 Å². The molecule has 8 nitrogen and oxygen atoms in total. The Kier molecular flexibility index (Phi) is 4.50. The van der Waals surface area contributed by atoms with Gasteiger partial charge in [-0.3, -0.25) is 10.1 Å². The van der Waals surface area contributed by atoms with Crippen molar-refractivity contribution < 1.29 is 9.66 Å². The number of hydrogen-bond acceptors (Lipinski definition) is 7. The summed E-state index contributed by atoms with van der Waals surface area (Å²) in [5.41, 5.74) is 0.437. The summed E-state index contributed by atoms with van der Waals surface area (Å²) in [4.78, 5) is 18.4. The topological polar surface area (TPSA) is 102 Å². The molecule has 1 heterocycles. The molecule has 0 radical (unpaired) electrons. The molecule has 2 rings (SSSR count). The van der Waals surface area contributed by atoms with Gasteiger partial charge in [0.15, 0.2) is 0 Å². The van der Waals surface area contributed by atoms with Gasteiger partial charge >= 0.3 is 5.69 Å². The van der Waals surface area contributed by atoms with Crippen LogP contribution in [0.1, 0.15) is 6.92 Å². The highest BCUT2D eigenvalue weighted by atomic mass is 16.6. The molecule has 2 N–H and O–H groups in total. The molecule has 21 heavy (non-hydrogen) atoms. The largest absolute Gasteiger partial charge is 0.494 e. The van der Waals surface area contributed by atoms with Crippen LogP contribution >= 0.6 is 0 Å². The maximum atomic E-state index is 11.2. The number of aromatic nitrogens is 2. The molecule has 0 bridgehead atoms. The van der Waals surface area contributed by atoms with Gasteiger partial charge in [0, 0.05) is 18.8 Å². The minimum atomic E-state index is -0.527. The summed E-state index contributed by atoms with van der Waals surface area (Å²) in [6.45, 7) is 2.43. The Balaban J connectivity index is 2.35. The zero-order valence-corrected chi connectivity index (χ0v) is 11.7. The molecule has 1 aromatic heterocycles. The number of nitrogens with zero attached hydrogens (tertiary/aromatic N) is 3. The van der Waals surface area contributed by atoms with E-state index in [0.29, 0.717) is 18.0 Å². The van der Waals surface area contributed by atoms with Crippen molar-refractivity contribution in [3.63, 3.8) is 0 Å². The SMILES string of the molecule is CCOc1cccc(Nc2ncnc(NC)c2[N+](=O)[O-])c1. The lowest BCUT2D eigenvalue weighted by Gasteiger charge is -2.09. The van der Waals surface area contributed by atoms with E-state index in [-0.39, 0.29) is 17.3 Å². The Hall–Kier alpha value is -2.90. The quantitative estimate of drug-likeness (QED) is 0.622. The van der Waals surface area contributed by atoms with Gasteiger partial charge in [0.2, 0.25) is 11.6 Å². The molecule has 0 unspecified atom stereocenters. The summed E-state index contributed by atoms with van der Waals surface area (Å²) in [6.07, 6.45) is 1.26. The van der Waals surface area contributed by atoms with Crippen LogP contribution in [0.25, 0.3) is 0 Å². The first kappa shape index (κ1) is 14.5. The van der Waals surface area contributed by atoms with E-state index in [1.807, 2.05) is 13.0 Å². The fraction of sp³-hybridized carbons (Fsp3) is 0.231. The summed E-state index contributed by atoms with van der Waals surface area (Å²) in [6, 6.07) is 7.11. The van der Waals surface area contributed by atoms with Gasteiger partial charge in [-0.2, -0.15) is 0 Å². The first-order valence-electron chi connectivity index (χ1n) is 6.32. The first-order valence-corrected chi connectivity index (χ1v) is 6.32. The normalized spacial score (nSPS) is 10.0. The lowest BCUT2D eigenvalue weighted by atomic mass is 10.3. The van der Waals surface area contributed by atoms with Crippen molar-refractivity contribution >= 4 is 23.0 Å². The van der Waals surface area contributed by atoms with Crippen LogP contribution in [-0.4, -0.2) is 28.5 Å². The second-order valence-electron chi connectivity index (χ2n) is 4.01. The second-order valence-corrected chi connectivity index (χ2v) is 4.01. The molecular weight excluding hydrogens is 274 g/mol. The van der Waals surface area contributed by atoms with E-state index in [1.54, 1.807) is 25.2 Å². The molecule has 0 aliphatic heterocycles. The third kappa shape index (κ3) is 3.35. The third-order valence-electron chi connectivity index (χ3n) is 2.65. The highest BCUT2D eigenvalue weighted by Crippen LogP contribution is 2.31. The molecule has 2 aromatic rings. The Morgan fingerprint density at radius 1 is 1.33 bits per heavy atom. The zero-order chi connectivity index (χ0) is 15.2. The molecule has 110 valence electrons. The summed E-state index contributed by atoms with van der Waals surface area (Å²) in [5.74, 6) is 0.944. The van der Waals surface area contributed by atoms with Gasteiger partial charge in [-0.1, -0.05) is 6.07 Å². The Morgan fingerprint density at radius 2 is 2.10 bits per heavy atom. The fourth-order valence-electron chi connectivity index (χ4n) is 1.79. The number of hydrogen-bond donors (Lipinski definition) is 2. The van der Waals surface area contributed by atoms with E-state index in [1.165, 1.54) is 6.33 Å². The van der Waals surface area contributed by atoms with Crippen LogP contribution in [0.2, 0.25) is 0 Å². The summed E-state index contributed by atoms with van der Waals surface area (Å²) in [5, 5.41) is 16.8. The number of benzene rings is 1. The van der Waals surface area contributed by atoms with Crippen LogP contribution in [0.15, 0.2) is 30.6 Å². The Morgan fingerprint density at radius 3 is 2.76 bits per heavy atom. The minimum absolute atomic E-state index is 0.119. The van der Waals surface area contributed by atoms with Crippen LogP contribution in [0.5, 0.6) is 5.75 Å². The lowest BCUT2D eigenvalue weighted by Crippen LogP contribution is -2.05. The molecule has 8 heteroatoms. The summed E-state index contributed by atoms with van der Waals surface area (Å²) in [7, 11) is 1.56. The highest BCUT2D eigenvalue weighted by molar-refractivity contribution is 5.73. The van der Waals surface area contributed by atoms with Crippen molar-refractivity contribution in [3.8, 4) is 5.75 Å². The van der Waals surface area contributed by atoms with Crippen molar-refractivity contribution in [2.75, 3.05) is 24.3 Å². The van der Waals surface area contributed by atoms with E-state index < -0.39 is 4.92 Å². The smallest absolute Gasteiger partial charge is 0.353 e. The van der Waals surface area contributed by atoms with E-state index >= 15 is 0 Å². The number of ether oxygens (including phenoxy) is 1.